The monoisotopic (exact) mass is 1920 g/mol. The van der Waals surface area contributed by atoms with Gasteiger partial charge in [-0.25, -0.2) is 0 Å². The first-order valence-electron chi connectivity index (χ1n) is 51.3. The predicted octanol–water partition coefficient (Wildman–Crippen LogP) is 38.8. The number of thiophene rings is 1. The third-order valence-corrected chi connectivity index (χ3v) is 31.7. The number of anilines is 9. The summed E-state index contributed by atoms with van der Waals surface area (Å²) in [4.78, 5) is 7.38. The predicted molar refractivity (Wildman–Crippen MR) is 630 cm³/mol. The first-order valence-corrected chi connectivity index (χ1v) is 52.2. The minimum atomic E-state index is -0.521. The Kier molecular flexibility index (Phi) is 22.3. The van der Waals surface area contributed by atoms with Crippen molar-refractivity contribution in [3.63, 3.8) is 0 Å². The summed E-state index contributed by atoms with van der Waals surface area (Å²) in [5.74, 6) is 0. The molecule has 2 aliphatic carbocycles. The highest BCUT2D eigenvalue weighted by molar-refractivity contribution is 7.25. The van der Waals surface area contributed by atoms with Crippen molar-refractivity contribution in [3.8, 4) is 72.7 Å². The largest absolute Gasteiger partial charge is 0.310 e. The molecule has 0 spiro atoms. The van der Waals surface area contributed by atoms with E-state index in [9.17, 15) is 0 Å². The van der Waals surface area contributed by atoms with E-state index in [2.05, 4.69) is 612 Å². The zero-order valence-electron chi connectivity index (χ0n) is 82.4. The van der Waals surface area contributed by atoms with Crippen LogP contribution in [0.3, 0.4) is 0 Å². The van der Waals surface area contributed by atoms with E-state index in [1.807, 2.05) is 11.3 Å². The minimum absolute atomic E-state index is 0.107. The van der Waals surface area contributed by atoms with Gasteiger partial charge in [0.05, 0.1) is 55.6 Å². The second-order valence-corrected chi connectivity index (χ2v) is 40.3. The maximum Gasteiger partial charge on any atom is 0.0782 e. The molecule has 4 heterocycles. The van der Waals surface area contributed by atoms with Crippen molar-refractivity contribution < 1.29 is 0 Å². The number of benzene rings is 23. The van der Waals surface area contributed by atoms with E-state index >= 15 is 0 Å². The van der Waals surface area contributed by atoms with Crippen LogP contribution < -0.4 is 14.7 Å². The Balaban J connectivity index is 0.000000111. The van der Waals surface area contributed by atoms with Crippen LogP contribution >= 0.6 is 11.3 Å². The zero-order valence-corrected chi connectivity index (χ0v) is 83.2. The first kappa shape index (κ1) is 89.0. The van der Waals surface area contributed by atoms with Gasteiger partial charge in [0.25, 0.3) is 0 Å². The molecule has 0 aliphatic heterocycles. The van der Waals surface area contributed by atoms with E-state index in [0.29, 0.717) is 0 Å². The third-order valence-electron chi connectivity index (χ3n) is 30.5. The Morgan fingerprint density at radius 3 is 1.03 bits per heavy atom. The van der Waals surface area contributed by atoms with Gasteiger partial charge in [-0.1, -0.05) is 408 Å². The highest BCUT2D eigenvalue weighted by Crippen LogP contribution is 2.60. The van der Waals surface area contributed by atoms with Gasteiger partial charge >= 0.3 is 0 Å². The van der Waals surface area contributed by atoms with Gasteiger partial charge in [-0.3, -0.25) is 0 Å². The van der Waals surface area contributed by atoms with Crippen LogP contribution in [-0.2, 0) is 10.8 Å². The molecule has 23 aromatic carbocycles. The Morgan fingerprint density at radius 2 is 0.537 bits per heavy atom. The molecular formula is C142H100N6S. The molecule has 0 N–H and O–H groups in total. The fraction of sp³-hybridized carbons (Fsp3) is 0.0282. The molecule has 0 atom stereocenters. The Bertz CT molecular complexity index is 9670. The standard InChI is InChI=1S/C55H38N2.C45H34N2.C42H28N2S/c1-6-20-39(21-7-1)40-36-49-48-31-17-19-33-52(48)57(44-28-14-5-15-29-44)54(49)53(37-40)56(43-26-12-4-13-27-43)45-34-35-47-46-30-16-18-32-50(46)55(51(47)38-45,41-22-8-2-9-23-41)42-24-10-3-11-25-42;1-45(2)40-24-14-12-22-36(40)37-27-26-35(30-41(37)45)46(33-18-8-4-9-19-33)43-29-32(31-16-6-3-7-17-31)28-39-38-23-13-15-25-42(38)47(44(39)43)34-20-10-5-11-21-34;1-4-14-29(15-5-1)41-37(25-26-38-42(41)34-21-10-12-22-36(34)44(38)31-18-8-3-9-19-31)43(30-16-6-2-7-17-30)32-24-27-40-35(28-32)33-20-11-13-23-39(33)45-40/h1-38H;3-30H,1-2H3;1-28H. The van der Waals surface area contributed by atoms with Gasteiger partial charge in [0, 0.05) is 115 Å². The van der Waals surface area contributed by atoms with E-state index in [4.69, 9.17) is 0 Å². The highest BCUT2D eigenvalue weighted by Gasteiger charge is 2.47. The molecule has 0 saturated heterocycles. The van der Waals surface area contributed by atoms with Crippen LogP contribution in [0, 0.1) is 0 Å². The van der Waals surface area contributed by atoms with Gasteiger partial charge < -0.3 is 28.4 Å². The third kappa shape index (κ3) is 15.1. The maximum atomic E-state index is 2.48. The van der Waals surface area contributed by atoms with Crippen LogP contribution in [0.4, 0.5) is 51.2 Å². The average Bonchev–Trinajstić information content (AvgIpc) is 1.53. The lowest BCUT2D eigenvalue weighted by atomic mass is 9.67. The molecular weight excluding hydrogens is 1820 g/mol. The van der Waals surface area contributed by atoms with Crippen molar-refractivity contribution in [2.24, 2.45) is 0 Å². The molecule has 0 radical (unpaired) electrons. The second kappa shape index (κ2) is 37.4. The van der Waals surface area contributed by atoms with Crippen molar-refractivity contribution in [1.82, 2.24) is 13.7 Å². The van der Waals surface area contributed by atoms with Crippen LogP contribution in [0.1, 0.15) is 47.2 Å². The zero-order chi connectivity index (χ0) is 99.0. The molecule has 7 heteroatoms. The van der Waals surface area contributed by atoms with Crippen molar-refractivity contribution in [3.05, 3.63) is 604 Å². The summed E-state index contributed by atoms with van der Waals surface area (Å²) in [5, 5.41) is 9.99. The molecule has 2 aliphatic rings. The lowest BCUT2D eigenvalue weighted by Gasteiger charge is -2.35. The van der Waals surface area contributed by atoms with E-state index in [1.54, 1.807) is 0 Å². The van der Waals surface area contributed by atoms with Crippen molar-refractivity contribution in [2.45, 2.75) is 24.7 Å². The second-order valence-electron chi connectivity index (χ2n) is 39.2. The van der Waals surface area contributed by atoms with Gasteiger partial charge in [-0.15, -0.1) is 11.3 Å². The lowest BCUT2D eigenvalue weighted by molar-refractivity contribution is 0.660. The molecule has 704 valence electrons. The molecule has 0 amide bonds. The quantitative estimate of drug-likeness (QED) is 0.0908. The van der Waals surface area contributed by atoms with Crippen molar-refractivity contribution >= 4 is 148 Å². The fourth-order valence-electron chi connectivity index (χ4n) is 24.0. The van der Waals surface area contributed by atoms with Crippen molar-refractivity contribution in [1.29, 1.82) is 0 Å². The van der Waals surface area contributed by atoms with Crippen LogP contribution in [0.15, 0.2) is 570 Å². The van der Waals surface area contributed by atoms with Crippen LogP contribution in [0.2, 0.25) is 0 Å². The number of nitrogens with zero attached hydrogens (tertiary/aromatic N) is 6. The number of aromatic nitrogens is 3. The topological polar surface area (TPSA) is 24.5 Å². The lowest BCUT2D eigenvalue weighted by Crippen LogP contribution is -2.28. The SMILES string of the molecule is CC1(C)c2ccccc2-c2ccc(N(c3ccccc3)c3cc(-c4ccccc4)cc4c5ccccc5n(-c5ccccc5)c34)cc21.c1ccc(-c2c(N(c3ccccc3)c3ccc4sc5ccccc5c4c3)ccc3c2c2ccccc2n3-c2ccccc2)cc1.c1ccc(-c2cc(N(c3ccccc3)c3ccc4c(c3)C(c3ccccc3)(c3ccccc3)c3ccccc3-4)c3c(c2)c2ccccc2n3-c2ccccc2)cc1. The summed E-state index contributed by atoms with van der Waals surface area (Å²) < 4.78 is 9.91. The average molecular weight is 1920 g/mol. The van der Waals surface area contributed by atoms with E-state index in [0.717, 1.165) is 73.8 Å². The Hall–Kier alpha value is -18.9. The Morgan fingerprint density at radius 1 is 0.195 bits per heavy atom. The minimum Gasteiger partial charge on any atom is -0.310 e. The smallest absolute Gasteiger partial charge is 0.0782 e. The van der Waals surface area contributed by atoms with Crippen LogP contribution in [0.25, 0.3) is 158 Å². The number of para-hydroxylation sites is 9. The van der Waals surface area contributed by atoms with Gasteiger partial charge in [0.1, 0.15) is 0 Å². The van der Waals surface area contributed by atoms with Crippen LogP contribution in [-0.4, -0.2) is 13.7 Å². The van der Waals surface area contributed by atoms with E-state index in [-0.39, 0.29) is 5.41 Å². The Labute approximate surface area is 871 Å². The number of hydrogen-bond donors (Lipinski definition) is 0. The van der Waals surface area contributed by atoms with Crippen LogP contribution in [0.5, 0.6) is 0 Å². The maximum absolute atomic E-state index is 2.48. The first-order chi connectivity index (χ1) is 73.7. The highest BCUT2D eigenvalue weighted by atomic mass is 32.1. The van der Waals surface area contributed by atoms with Gasteiger partial charge in [0.15, 0.2) is 0 Å². The molecule has 4 aromatic heterocycles. The summed E-state index contributed by atoms with van der Waals surface area (Å²) in [7, 11) is 0. The number of fused-ring (bicyclic) bond motifs is 18. The van der Waals surface area contributed by atoms with E-state index < -0.39 is 5.41 Å². The molecule has 0 unspecified atom stereocenters. The normalized spacial score (nSPS) is 12.5. The van der Waals surface area contributed by atoms with Gasteiger partial charge in [0.2, 0.25) is 0 Å². The van der Waals surface area contributed by atoms with Crippen molar-refractivity contribution in [2.75, 3.05) is 14.7 Å². The molecule has 29 rings (SSSR count). The molecule has 27 aromatic rings. The summed E-state index contributed by atoms with van der Waals surface area (Å²) in [6, 6.07) is 208. The number of hydrogen-bond acceptors (Lipinski definition) is 4. The van der Waals surface area contributed by atoms with E-state index in [1.165, 1.54) is 169 Å². The molecule has 0 fully saturated rings. The van der Waals surface area contributed by atoms with Gasteiger partial charge in [-0.2, -0.15) is 0 Å². The van der Waals surface area contributed by atoms with Gasteiger partial charge in [-0.05, 0) is 259 Å². The molecule has 6 nitrogen and oxygen atoms in total. The number of rotatable bonds is 17. The fourth-order valence-corrected chi connectivity index (χ4v) is 25.1. The summed E-state index contributed by atoms with van der Waals surface area (Å²) in [6.07, 6.45) is 0. The molecule has 0 saturated carbocycles. The molecule has 149 heavy (non-hydrogen) atoms. The summed E-state index contributed by atoms with van der Waals surface area (Å²) in [6.45, 7) is 4.71. The summed E-state index contributed by atoms with van der Waals surface area (Å²) >= 11 is 1.86. The summed E-state index contributed by atoms with van der Waals surface area (Å²) in [5.41, 5.74) is 40.2. The molecule has 0 bridgehead atoms.